The first-order chi connectivity index (χ1) is 13.6. The minimum atomic E-state index is -0.0123. The van der Waals surface area contributed by atoms with E-state index in [1.165, 1.54) is 4.88 Å². The third-order valence-electron chi connectivity index (χ3n) is 4.77. The Labute approximate surface area is 167 Å². The number of hydrogen-bond acceptors (Lipinski definition) is 7. The number of nitrogens with zero attached hydrogens (tertiary/aromatic N) is 4. The number of rotatable bonds is 5. The van der Waals surface area contributed by atoms with Crippen LogP contribution in [-0.4, -0.2) is 60.7 Å². The van der Waals surface area contributed by atoms with Gasteiger partial charge in [0.1, 0.15) is 28.5 Å². The third kappa shape index (κ3) is 3.87. The molecule has 7 nitrogen and oxygen atoms in total. The maximum atomic E-state index is 12.5. The summed E-state index contributed by atoms with van der Waals surface area (Å²) in [5.74, 6) is 2.27. The van der Waals surface area contributed by atoms with Crippen LogP contribution < -0.4 is 14.4 Å². The Kier molecular flexibility index (Phi) is 5.29. The Morgan fingerprint density at radius 3 is 2.71 bits per heavy atom. The van der Waals surface area contributed by atoms with Crippen LogP contribution in [0.4, 0.5) is 5.82 Å². The molecule has 0 N–H and O–H groups in total. The summed E-state index contributed by atoms with van der Waals surface area (Å²) >= 11 is 1.68. The van der Waals surface area contributed by atoms with Crippen LogP contribution in [0, 0.1) is 6.92 Å². The molecule has 3 heterocycles. The van der Waals surface area contributed by atoms with Gasteiger partial charge in [-0.1, -0.05) is 6.07 Å². The van der Waals surface area contributed by atoms with Crippen molar-refractivity contribution in [2.45, 2.75) is 6.92 Å². The molecule has 0 saturated carbocycles. The number of benzene rings is 1. The fourth-order valence-electron chi connectivity index (χ4n) is 3.31. The van der Waals surface area contributed by atoms with Crippen LogP contribution in [0.1, 0.15) is 4.88 Å². The number of carbonyl (C=O) groups is 1. The van der Waals surface area contributed by atoms with Crippen molar-refractivity contribution in [2.75, 3.05) is 44.8 Å². The lowest BCUT2D eigenvalue weighted by Gasteiger charge is -2.35. The van der Waals surface area contributed by atoms with Gasteiger partial charge in [-0.2, -0.15) is 0 Å². The van der Waals surface area contributed by atoms with E-state index in [1.807, 2.05) is 23.1 Å². The number of aromatic nitrogens is 2. The molecule has 1 amide bonds. The average Bonchev–Trinajstić information content (AvgIpc) is 3.12. The fourth-order valence-corrected chi connectivity index (χ4v) is 4.15. The van der Waals surface area contributed by atoms with Crippen LogP contribution in [-0.2, 0) is 4.79 Å². The highest BCUT2D eigenvalue weighted by atomic mass is 32.1. The molecule has 8 heteroatoms. The topological polar surface area (TPSA) is 67.8 Å². The van der Waals surface area contributed by atoms with Crippen LogP contribution in [0.3, 0.4) is 0 Å². The highest BCUT2D eigenvalue weighted by Crippen LogP contribution is 2.30. The highest BCUT2D eigenvalue weighted by molar-refractivity contribution is 7.18. The van der Waals surface area contributed by atoms with Crippen molar-refractivity contribution in [2.24, 2.45) is 0 Å². The van der Waals surface area contributed by atoms with Gasteiger partial charge in [-0.05, 0) is 25.1 Å². The first-order valence-corrected chi connectivity index (χ1v) is 9.96. The standard InChI is InChI=1S/C20H22N4O3S/c1-14-10-17-19(21-13-22-20(17)28-14)24-8-6-23(7-9-24)18(25)12-27-16-5-3-4-15(11-16)26-2/h3-5,10-11,13H,6-9,12H2,1-2H3. The lowest BCUT2D eigenvalue weighted by Crippen LogP contribution is -2.50. The first-order valence-electron chi connectivity index (χ1n) is 9.15. The van der Waals surface area contributed by atoms with E-state index in [4.69, 9.17) is 9.47 Å². The van der Waals surface area contributed by atoms with Gasteiger partial charge >= 0.3 is 0 Å². The van der Waals surface area contributed by atoms with E-state index in [0.717, 1.165) is 29.1 Å². The molecule has 0 aliphatic carbocycles. The molecule has 1 saturated heterocycles. The number of amides is 1. The van der Waals surface area contributed by atoms with E-state index in [9.17, 15) is 4.79 Å². The van der Waals surface area contributed by atoms with Crippen molar-refractivity contribution >= 4 is 33.3 Å². The van der Waals surface area contributed by atoms with Crippen molar-refractivity contribution in [1.29, 1.82) is 0 Å². The lowest BCUT2D eigenvalue weighted by atomic mass is 10.2. The number of aryl methyl sites for hydroxylation is 1. The third-order valence-corrected chi connectivity index (χ3v) is 5.73. The fraction of sp³-hybridized carbons (Fsp3) is 0.350. The molecular formula is C20H22N4O3S. The van der Waals surface area contributed by atoms with Crippen molar-refractivity contribution in [1.82, 2.24) is 14.9 Å². The maximum absolute atomic E-state index is 12.5. The largest absolute Gasteiger partial charge is 0.497 e. The van der Waals surface area contributed by atoms with E-state index in [-0.39, 0.29) is 12.5 Å². The summed E-state index contributed by atoms with van der Waals surface area (Å²) in [6.45, 7) is 4.88. The van der Waals surface area contributed by atoms with Gasteiger partial charge in [0.2, 0.25) is 0 Å². The maximum Gasteiger partial charge on any atom is 0.260 e. The number of methoxy groups -OCH3 is 1. The van der Waals surface area contributed by atoms with Crippen molar-refractivity contribution in [3.63, 3.8) is 0 Å². The zero-order valence-electron chi connectivity index (χ0n) is 15.9. The Morgan fingerprint density at radius 1 is 1.14 bits per heavy atom. The molecule has 1 fully saturated rings. The van der Waals surface area contributed by atoms with Crippen molar-refractivity contribution in [3.05, 3.63) is 41.5 Å². The number of thiophene rings is 1. The van der Waals surface area contributed by atoms with Gasteiger partial charge in [-0.15, -0.1) is 11.3 Å². The number of hydrogen-bond donors (Lipinski definition) is 0. The molecule has 28 heavy (non-hydrogen) atoms. The summed E-state index contributed by atoms with van der Waals surface area (Å²) in [7, 11) is 1.60. The Bertz CT molecular complexity index is 982. The van der Waals surface area contributed by atoms with Crippen molar-refractivity contribution < 1.29 is 14.3 Å². The van der Waals surface area contributed by atoms with Crippen LogP contribution in [0.2, 0.25) is 0 Å². The second-order valence-corrected chi connectivity index (χ2v) is 7.84. The zero-order valence-corrected chi connectivity index (χ0v) is 16.7. The predicted molar refractivity (Wildman–Crippen MR) is 109 cm³/mol. The Balaban J connectivity index is 1.35. The monoisotopic (exact) mass is 398 g/mol. The molecule has 0 bridgehead atoms. The van der Waals surface area contributed by atoms with Gasteiger partial charge in [0.05, 0.1) is 12.5 Å². The van der Waals surface area contributed by atoms with Gasteiger partial charge in [0, 0.05) is 37.1 Å². The van der Waals surface area contributed by atoms with Crippen molar-refractivity contribution in [3.8, 4) is 11.5 Å². The summed E-state index contributed by atoms with van der Waals surface area (Å²) in [6, 6.07) is 9.40. The molecule has 0 spiro atoms. The molecule has 4 rings (SSSR count). The summed E-state index contributed by atoms with van der Waals surface area (Å²) in [5.41, 5.74) is 0. The minimum absolute atomic E-state index is 0.0123. The molecule has 1 aromatic carbocycles. The number of ether oxygens (including phenoxy) is 2. The molecule has 146 valence electrons. The molecule has 1 aliphatic rings. The summed E-state index contributed by atoms with van der Waals surface area (Å²) < 4.78 is 10.8. The van der Waals surface area contributed by atoms with Gasteiger partial charge in [0.15, 0.2) is 6.61 Å². The van der Waals surface area contributed by atoms with Crippen LogP contribution in [0.5, 0.6) is 11.5 Å². The molecular weight excluding hydrogens is 376 g/mol. The van der Waals surface area contributed by atoms with Crippen LogP contribution >= 0.6 is 11.3 Å². The molecule has 3 aromatic rings. The normalized spacial score (nSPS) is 14.4. The van der Waals surface area contributed by atoms with E-state index >= 15 is 0 Å². The van der Waals surface area contributed by atoms with E-state index < -0.39 is 0 Å². The zero-order chi connectivity index (χ0) is 19.5. The van der Waals surface area contributed by atoms with Crippen LogP contribution in [0.15, 0.2) is 36.7 Å². The van der Waals surface area contributed by atoms with Gasteiger partial charge in [-0.3, -0.25) is 4.79 Å². The molecule has 0 radical (unpaired) electrons. The molecule has 1 aliphatic heterocycles. The second kappa shape index (κ2) is 8.02. The lowest BCUT2D eigenvalue weighted by molar-refractivity contribution is -0.133. The molecule has 2 aromatic heterocycles. The average molecular weight is 398 g/mol. The second-order valence-electron chi connectivity index (χ2n) is 6.61. The highest BCUT2D eigenvalue weighted by Gasteiger charge is 2.23. The smallest absolute Gasteiger partial charge is 0.260 e. The summed E-state index contributed by atoms with van der Waals surface area (Å²) in [4.78, 5) is 27.7. The molecule has 0 atom stereocenters. The summed E-state index contributed by atoms with van der Waals surface area (Å²) in [5, 5.41) is 1.09. The Hall–Kier alpha value is -2.87. The van der Waals surface area contributed by atoms with E-state index in [0.29, 0.717) is 24.6 Å². The number of anilines is 1. The van der Waals surface area contributed by atoms with Gasteiger partial charge in [-0.25, -0.2) is 9.97 Å². The van der Waals surface area contributed by atoms with Crippen LogP contribution in [0.25, 0.3) is 10.2 Å². The summed E-state index contributed by atoms with van der Waals surface area (Å²) in [6.07, 6.45) is 1.62. The minimum Gasteiger partial charge on any atom is -0.497 e. The van der Waals surface area contributed by atoms with E-state index in [2.05, 4.69) is 27.9 Å². The van der Waals surface area contributed by atoms with E-state index in [1.54, 1.807) is 30.8 Å². The quantitative estimate of drug-likeness (QED) is 0.658. The van der Waals surface area contributed by atoms with Gasteiger partial charge in [0.25, 0.3) is 5.91 Å². The number of piperazine rings is 1. The predicted octanol–water partition coefficient (Wildman–Crippen LogP) is 2.74. The SMILES string of the molecule is COc1cccc(OCC(=O)N2CCN(c3ncnc4sc(C)cc34)CC2)c1. The molecule has 0 unspecified atom stereocenters. The number of fused-ring (bicyclic) bond motifs is 1. The Morgan fingerprint density at radius 2 is 1.93 bits per heavy atom. The first kappa shape index (κ1) is 18.5. The van der Waals surface area contributed by atoms with Gasteiger partial charge < -0.3 is 19.3 Å². The number of carbonyl (C=O) groups excluding carboxylic acids is 1.